The predicted octanol–water partition coefficient (Wildman–Crippen LogP) is 1.47. The lowest BCUT2D eigenvalue weighted by atomic mass is 10.0. The number of aromatic nitrogens is 3. The molecule has 34 heavy (non-hydrogen) atoms. The van der Waals surface area contributed by atoms with Gasteiger partial charge in [0.15, 0.2) is 5.65 Å². The van der Waals surface area contributed by atoms with Crippen molar-refractivity contribution in [2.75, 3.05) is 16.8 Å². The largest absolute Gasteiger partial charge is 0.481 e. The van der Waals surface area contributed by atoms with E-state index in [1.54, 1.807) is 24.3 Å². The zero-order valence-electron chi connectivity index (χ0n) is 18.6. The summed E-state index contributed by atoms with van der Waals surface area (Å²) in [6.45, 7) is 4.18. The van der Waals surface area contributed by atoms with Gasteiger partial charge in [0.25, 0.3) is 5.91 Å². The van der Waals surface area contributed by atoms with E-state index in [1.165, 1.54) is 0 Å². The first-order chi connectivity index (χ1) is 16.1. The number of rotatable bonds is 9. The maximum Gasteiger partial charge on any atom is 0.326 e. The Morgan fingerprint density at radius 2 is 1.71 bits per heavy atom. The number of anilines is 3. The lowest BCUT2D eigenvalue weighted by Gasteiger charge is -2.15. The molecule has 0 saturated carbocycles. The van der Waals surface area contributed by atoms with Gasteiger partial charge in [-0.05, 0) is 55.7 Å². The van der Waals surface area contributed by atoms with Crippen LogP contribution in [-0.4, -0.2) is 49.1 Å². The first kappa shape index (κ1) is 24.2. The van der Waals surface area contributed by atoms with E-state index in [2.05, 4.69) is 25.6 Å². The second-order valence-electron chi connectivity index (χ2n) is 7.69. The van der Waals surface area contributed by atoms with E-state index in [-0.39, 0.29) is 30.2 Å². The number of hydrogen-bond donors (Lipinski definition) is 6. The predicted molar refractivity (Wildman–Crippen MR) is 125 cm³/mol. The SMILES string of the molecule is Cc1nc2nc(N)nc(N)c2c(C)c1CNc1ccc(C(=O)N[C@@H](CCC(=O)O)C(=O)O)cc1. The second kappa shape index (κ2) is 9.98. The minimum Gasteiger partial charge on any atom is -0.481 e. The standard InChI is InChI=1S/C22H25N7O5/c1-10-14(11(2)26-19-17(10)18(23)28-22(24)29-19)9-25-13-5-3-12(4-6-13)20(32)27-15(21(33)34)7-8-16(30)31/h3-6,15,25H,7-9H2,1-2H3,(H,27,32)(H,30,31)(H,33,34)(H4,23,24,26,28,29)/t15-/m0/s1. The molecule has 0 fully saturated rings. The minimum atomic E-state index is -1.30. The maximum atomic E-state index is 12.4. The van der Waals surface area contributed by atoms with Crippen LogP contribution in [0, 0.1) is 13.8 Å². The van der Waals surface area contributed by atoms with Crippen molar-refractivity contribution in [3.63, 3.8) is 0 Å². The number of aryl methyl sites for hydroxylation is 2. The number of carboxylic acids is 2. The molecule has 1 amide bonds. The molecule has 3 rings (SSSR count). The monoisotopic (exact) mass is 467 g/mol. The summed E-state index contributed by atoms with van der Waals surface area (Å²) in [5, 5.41) is 24.2. The molecule has 0 saturated heterocycles. The number of nitrogens with one attached hydrogen (secondary N) is 2. The number of nitrogen functional groups attached to an aromatic ring is 2. The molecule has 0 aliphatic carbocycles. The van der Waals surface area contributed by atoms with Gasteiger partial charge in [-0.3, -0.25) is 9.59 Å². The highest BCUT2D eigenvalue weighted by Gasteiger charge is 2.21. The van der Waals surface area contributed by atoms with Crippen molar-refractivity contribution in [2.24, 2.45) is 0 Å². The molecule has 0 aliphatic heterocycles. The summed E-state index contributed by atoms with van der Waals surface area (Å²) in [5.41, 5.74) is 15.6. The Bertz CT molecular complexity index is 1260. The van der Waals surface area contributed by atoms with Crippen molar-refractivity contribution in [3.8, 4) is 0 Å². The average molecular weight is 467 g/mol. The summed E-state index contributed by atoms with van der Waals surface area (Å²) >= 11 is 0. The fourth-order valence-electron chi connectivity index (χ4n) is 3.53. The van der Waals surface area contributed by atoms with Crippen LogP contribution in [-0.2, 0) is 16.1 Å². The number of carboxylic acid groups (broad SMARTS) is 2. The third-order valence-electron chi connectivity index (χ3n) is 5.34. The lowest BCUT2D eigenvalue weighted by Crippen LogP contribution is -2.41. The second-order valence-corrected chi connectivity index (χ2v) is 7.69. The molecule has 2 aromatic heterocycles. The number of pyridine rings is 1. The van der Waals surface area contributed by atoms with Crippen molar-refractivity contribution >= 4 is 46.3 Å². The lowest BCUT2D eigenvalue weighted by molar-refractivity contribution is -0.140. The molecule has 1 atom stereocenters. The van der Waals surface area contributed by atoms with E-state index < -0.39 is 23.9 Å². The van der Waals surface area contributed by atoms with Crippen LogP contribution in [0.3, 0.4) is 0 Å². The van der Waals surface area contributed by atoms with Gasteiger partial charge in [-0.15, -0.1) is 0 Å². The highest BCUT2D eigenvalue weighted by atomic mass is 16.4. The van der Waals surface area contributed by atoms with Crippen LogP contribution < -0.4 is 22.1 Å². The first-order valence-corrected chi connectivity index (χ1v) is 10.3. The van der Waals surface area contributed by atoms with Crippen LogP contribution in [0.1, 0.15) is 40.0 Å². The first-order valence-electron chi connectivity index (χ1n) is 10.3. The van der Waals surface area contributed by atoms with Crippen LogP contribution in [0.25, 0.3) is 11.0 Å². The number of hydrogen-bond acceptors (Lipinski definition) is 9. The van der Waals surface area contributed by atoms with Gasteiger partial charge in [-0.2, -0.15) is 9.97 Å². The molecule has 3 aromatic rings. The molecule has 12 heteroatoms. The molecule has 0 aliphatic rings. The number of amides is 1. The smallest absolute Gasteiger partial charge is 0.326 e. The number of benzene rings is 1. The van der Waals surface area contributed by atoms with Gasteiger partial charge in [0.1, 0.15) is 11.9 Å². The van der Waals surface area contributed by atoms with Crippen LogP contribution in [0.15, 0.2) is 24.3 Å². The highest BCUT2D eigenvalue weighted by molar-refractivity contribution is 5.97. The number of carbonyl (C=O) groups is 3. The fourth-order valence-corrected chi connectivity index (χ4v) is 3.53. The van der Waals surface area contributed by atoms with Gasteiger partial charge < -0.3 is 32.3 Å². The Labute approximate surface area is 194 Å². The molecule has 178 valence electrons. The van der Waals surface area contributed by atoms with E-state index >= 15 is 0 Å². The van der Waals surface area contributed by atoms with Gasteiger partial charge in [0, 0.05) is 29.9 Å². The van der Waals surface area contributed by atoms with E-state index in [9.17, 15) is 19.5 Å². The topological polar surface area (TPSA) is 206 Å². The number of nitrogens with zero attached hydrogens (tertiary/aromatic N) is 3. The third-order valence-corrected chi connectivity index (χ3v) is 5.34. The Hall–Kier alpha value is -4.48. The summed E-state index contributed by atoms with van der Waals surface area (Å²) in [5.74, 6) is -2.72. The maximum absolute atomic E-state index is 12.4. The fraction of sp³-hybridized carbons (Fsp3) is 0.273. The van der Waals surface area contributed by atoms with Crippen LogP contribution in [0.4, 0.5) is 17.5 Å². The summed E-state index contributed by atoms with van der Waals surface area (Å²) in [7, 11) is 0. The molecule has 0 spiro atoms. The quantitative estimate of drug-likeness (QED) is 0.265. The van der Waals surface area contributed by atoms with Crippen molar-refractivity contribution in [1.82, 2.24) is 20.3 Å². The van der Waals surface area contributed by atoms with E-state index in [0.29, 0.717) is 17.6 Å². The van der Waals surface area contributed by atoms with Gasteiger partial charge in [-0.1, -0.05) is 0 Å². The van der Waals surface area contributed by atoms with E-state index in [4.69, 9.17) is 16.6 Å². The molecule has 12 nitrogen and oxygen atoms in total. The Morgan fingerprint density at radius 3 is 2.32 bits per heavy atom. The Morgan fingerprint density at radius 1 is 1.03 bits per heavy atom. The Kier molecular flexibility index (Phi) is 7.09. The number of carbonyl (C=O) groups excluding carboxylic acids is 1. The normalized spacial score (nSPS) is 11.7. The summed E-state index contributed by atoms with van der Waals surface area (Å²) in [4.78, 5) is 47.0. The summed E-state index contributed by atoms with van der Waals surface area (Å²) < 4.78 is 0. The zero-order valence-corrected chi connectivity index (χ0v) is 18.6. The number of aliphatic carboxylic acids is 2. The molecule has 0 bridgehead atoms. The molecular weight excluding hydrogens is 442 g/mol. The van der Waals surface area contributed by atoms with Crippen molar-refractivity contribution in [1.29, 1.82) is 0 Å². The minimum absolute atomic E-state index is 0.0582. The van der Waals surface area contributed by atoms with E-state index in [0.717, 1.165) is 22.5 Å². The van der Waals surface area contributed by atoms with Crippen molar-refractivity contribution < 1.29 is 24.6 Å². The van der Waals surface area contributed by atoms with Gasteiger partial charge in [0.05, 0.1) is 5.39 Å². The molecule has 0 radical (unpaired) electrons. The van der Waals surface area contributed by atoms with Gasteiger partial charge in [-0.25, -0.2) is 9.78 Å². The molecule has 0 unspecified atom stereocenters. The van der Waals surface area contributed by atoms with Gasteiger partial charge in [0.2, 0.25) is 5.95 Å². The number of fused-ring (bicyclic) bond motifs is 1. The summed E-state index contributed by atoms with van der Waals surface area (Å²) in [6, 6.07) is 5.15. The third kappa shape index (κ3) is 5.46. The van der Waals surface area contributed by atoms with Crippen LogP contribution in [0.5, 0.6) is 0 Å². The average Bonchev–Trinajstić information content (AvgIpc) is 2.75. The van der Waals surface area contributed by atoms with Crippen molar-refractivity contribution in [3.05, 3.63) is 46.6 Å². The van der Waals surface area contributed by atoms with Crippen LogP contribution >= 0.6 is 0 Å². The molecule has 1 aromatic carbocycles. The zero-order chi connectivity index (χ0) is 25.0. The van der Waals surface area contributed by atoms with E-state index in [1.807, 2.05) is 13.8 Å². The molecule has 2 heterocycles. The summed E-state index contributed by atoms with van der Waals surface area (Å²) in [6.07, 6.45) is -0.579. The van der Waals surface area contributed by atoms with Gasteiger partial charge >= 0.3 is 11.9 Å². The highest BCUT2D eigenvalue weighted by Crippen LogP contribution is 2.26. The van der Waals surface area contributed by atoms with Crippen molar-refractivity contribution in [2.45, 2.75) is 39.3 Å². The van der Waals surface area contributed by atoms with Crippen LogP contribution in [0.2, 0.25) is 0 Å². The number of nitrogens with two attached hydrogens (primary N) is 2. The molecule has 8 N–H and O–H groups in total. The molecular formula is C22H25N7O5. The Balaban J connectivity index is 1.70.